The van der Waals surface area contributed by atoms with Crippen molar-refractivity contribution < 1.29 is 28.1 Å². The van der Waals surface area contributed by atoms with Gasteiger partial charge in [-0.3, -0.25) is 9.78 Å². The Kier molecular flexibility index (Phi) is 7.99. The van der Waals surface area contributed by atoms with Crippen molar-refractivity contribution in [3.63, 3.8) is 0 Å². The van der Waals surface area contributed by atoms with Crippen LogP contribution in [0.5, 0.6) is 28.7 Å². The number of anilines is 1. The standard InChI is InChI=1S/C27H24FN3O5S/c1-33-22-7-5-4-6-16(22)12-26(32)31-27(37)30-20-9-8-17(13-19(20)28)36-23-10-11-29-21-15-25(35-3)24(34-2)14-18(21)23/h4-11,13-15H,12H2,1-3H3,(H2,30,31,32,37). The van der Waals surface area contributed by atoms with Gasteiger partial charge in [0.25, 0.3) is 0 Å². The SMILES string of the molecule is COc1ccccc1CC(=O)NC(=S)Nc1ccc(Oc2ccnc3cc(OC)c(OC)cc23)cc1F. The molecule has 0 radical (unpaired) electrons. The highest BCUT2D eigenvalue weighted by Gasteiger charge is 2.14. The van der Waals surface area contributed by atoms with E-state index in [1.807, 2.05) is 12.1 Å². The number of para-hydroxylation sites is 1. The molecule has 1 aromatic heterocycles. The van der Waals surface area contributed by atoms with Crippen molar-refractivity contribution in [2.24, 2.45) is 0 Å². The van der Waals surface area contributed by atoms with Crippen LogP contribution in [0.3, 0.4) is 0 Å². The van der Waals surface area contributed by atoms with Crippen molar-refractivity contribution in [2.75, 3.05) is 26.6 Å². The molecule has 37 heavy (non-hydrogen) atoms. The number of carbonyl (C=O) groups excluding carboxylic acids is 1. The number of hydrogen-bond donors (Lipinski definition) is 2. The van der Waals surface area contributed by atoms with Crippen molar-refractivity contribution in [2.45, 2.75) is 6.42 Å². The quantitative estimate of drug-likeness (QED) is 0.304. The summed E-state index contributed by atoms with van der Waals surface area (Å²) in [6, 6.07) is 16.6. The first-order chi connectivity index (χ1) is 17.9. The van der Waals surface area contributed by atoms with E-state index in [4.69, 9.17) is 31.2 Å². The molecule has 0 spiro atoms. The Hall–Kier alpha value is -4.44. The minimum Gasteiger partial charge on any atom is -0.496 e. The van der Waals surface area contributed by atoms with Crippen LogP contribution in [0.1, 0.15) is 5.56 Å². The van der Waals surface area contributed by atoms with Crippen LogP contribution in [0.15, 0.2) is 66.9 Å². The van der Waals surface area contributed by atoms with E-state index in [0.717, 1.165) is 0 Å². The molecule has 0 unspecified atom stereocenters. The number of pyridine rings is 1. The summed E-state index contributed by atoms with van der Waals surface area (Å²) in [6.07, 6.45) is 1.64. The Labute approximate surface area is 218 Å². The number of aromatic nitrogens is 1. The molecular formula is C27H24FN3O5S. The van der Waals surface area contributed by atoms with Crippen LogP contribution in [0.4, 0.5) is 10.1 Å². The second-order valence-corrected chi connectivity index (χ2v) is 8.18. The average molecular weight is 522 g/mol. The molecule has 0 bridgehead atoms. The highest BCUT2D eigenvalue weighted by Crippen LogP contribution is 2.37. The summed E-state index contributed by atoms with van der Waals surface area (Å²) in [7, 11) is 4.61. The monoisotopic (exact) mass is 521 g/mol. The fraction of sp³-hybridized carbons (Fsp3) is 0.148. The number of benzene rings is 3. The predicted molar refractivity (Wildman–Crippen MR) is 142 cm³/mol. The number of nitrogens with one attached hydrogen (secondary N) is 2. The molecule has 0 atom stereocenters. The maximum absolute atomic E-state index is 14.8. The number of nitrogens with zero attached hydrogens (tertiary/aromatic N) is 1. The molecule has 1 heterocycles. The van der Waals surface area contributed by atoms with Crippen LogP contribution in [0, 0.1) is 5.82 Å². The van der Waals surface area contributed by atoms with Gasteiger partial charge in [0.1, 0.15) is 23.1 Å². The van der Waals surface area contributed by atoms with Gasteiger partial charge in [-0.15, -0.1) is 0 Å². The Balaban J connectivity index is 1.44. The van der Waals surface area contributed by atoms with Crippen LogP contribution in [0.2, 0.25) is 0 Å². The molecule has 10 heteroatoms. The third-order valence-corrected chi connectivity index (χ3v) is 5.62. The molecular weight excluding hydrogens is 497 g/mol. The van der Waals surface area contributed by atoms with Crippen LogP contribution < -0.4 is 29.6 Å². The zero-order chi connectivity index (χ0) is 26.4. The number of fused-ring (bicyclic) bond motifs is 1. The smallest absolute Gasteiger partial charge is 0.230 e. The highest BCUT2D eigenvalue weighted by molar-refractivity contribution is 7.80. The Morgan fingerprint density at radius 3 is 2.38 bits per heavy atom. The summed E-state index contributed by atoms with van der Waals surface area (Å²) in [5.41, 5.74) is 1.42. The zero-order valence-electron chi connectivity index (χ0n) is 20.3. The normalized spacial score (nSPS) is 10.5. The topological polar surface area (TPSA) is 90.9 Å². The second kappa shape index (κ2) is 11.5. The molecule has 3 aromatic carbocycles. The highest BCUT2D eigenvalue weighted by atomic mass is 32.1. The van der Waals surface area contributed by atoms with Crippen molar-refractivity contribution in [3.8, 4) is 28.7 Å². The molecule has 0 fully saturated rings. The third kappa shape index (κ3) is 6.04. The van der Waals surface area contributed by atoms with Gasteiger partial charge in [-0.2, -0.15) is 0 Å². The lowest BCUT2D eigenvalue weighted by molar-refractivity contribution is -0.119. The number of thiocarbonyl (C=S) groups is 1. The zero-order valence-corrected chi connectivity index (χ0v) is 21.1. The van der Waals surface area contributed by atoms with Gasteiger partial charge in [-0.25, -0.2) is 4.39 Å². The van der Waals surface area contributed by atoms with Gasteiger partial charge in [0.15, 0.2) is 16.6 Å². The minimum atomic E-state index is -0.614. The summed E-state index contributed by atoms with van der Waals surface area (Å²) in [6.45, 7) is 0. The maximum Gasteiger partial charge on any atom is 0.230 e. The fourth-order valence-corrected chi connectivity index (χ4v) is 3.89. The van der Waals surface area contributed by atoms with Crippen LogP contribution in [0.25, 0.3) is 10.9 Å². The van der Waals surface area contributed by atoms with Crippen molar-refractivity contribution >= 4 is 39.8 Å². The molecule has 0 aliphatic heterocycles. The summed E-state index contributed by atoms with van der Waals surface area (Å²) < 4.78 is 36.7. The summed E-state index contributed by atoms with van der Waals surface area (Å²) in [4.78, 5) is 16.7. The number of rotatable bonds is 8. The lowest BCUT2D eigenvalue weighted by Crippen LogP contribution is -2.35. The average Bonchev–Trinajstić information content (AvgIpc) is 2.89. The molecule has 0 saturated heterocycles. The van der Waals surface area contributed by atoms with Crippen LogP contribution in [-0.2, 0) is 11.2 Å². The van der Waals surface area contributed by atoms with Crippen LogP contribution >= 0.6 is 12.2 Å². The first-order valence-electron chi connectivity index (χ1n) is 11.1. The van der Waals surface area contributed by atoms with E-state index >= 15 is 0 Å². The van der Waals surface area contributed by atoms with Gasteiger partial charge in [-0.05, 0) is 42.5 Å². The molecule has 4 rings (SSSR count). The molecule has 4 aromatic rings. The van der Waals surface area contributed by atoms with E-state index in [1.165, 1.54) is 26.4 Å². The van der Waals surface area contributed by atoms with Gasteiger partial charge < -0.3 is 29.6 Å². The van der Waals surface area contributed by atoms with E-state index in [1.54, 1.807) is 49.7 Å². The lowest BCUT2D eigenvalue weighted by atomic mass is 10.1. The number of carbonyl (C=O) groups is 1. The van der Waals surface area contributed by atoms with E-state index in [-0.39, 0.29) is 28.9 Å². The predicted octanol–water partition coefficient (Wildman–Crippen LogP) is 5.25. The van der Waals surface area contributed by atoms with Gasteiger partial charge in [0.2, 0.25) is 5.91 Å². The van der Waals surface area contributed by atoms with Gasteiger partial charge in [0, 0.05) is 29.3 Å². The molecule has 2 N–H and O–H groups in total. The van der Waals surface area contributed by atoms with Crippen molar-refractivity contribution in [1.29, 1.82) is 0 Å². The van der Waals surface area contributed by atoms with E-state index in [2.05, 4.69) is 15.6 Å². The van der Waals surface area contributed by atoms with Gasteiger partial charge in [-0.1, -0.05) is 18.2 Å². The maximum atomic E-state index is 14.8. The van der Waals surface area contributed by atoms with Gasteiger partial charge >= 0.3 is 0 Å². The van der Waals surface area contributed by atoms with E-state index < -0.39 is 5.82 Å². The first kappa shape index (κ1) is 25.6. The molecule has 0 aliphatic carbocycles. The van der Waals surface area contributed by atoms with Crippen molar-refractivity contribution in [3.05, 3.63) is 78.2 Å². The Morgan fingerprint density at radius 1 is 0.919 bits per heavy atom. The lowest BCUT2D eigenvalue weighted by Gasteiger charge is -2.14. The number of ether oxygens (including phenoxy) is 4. The summed E-state index contributed by atoms with van der Waals surface area (Å²) in [5, 5.41) is 5.88. The fourth-order valence-electron chi connectivity index (χ4n) is 3.67. The van der Waals surface area contributed by atoms with E-state index in [0.29, 0.717) is 39.5 Å². The molecule has 8 nitrogen and oxygen atoms in total. The Bertz CT molecular complexity index is 1460. The molecule has 1 amide bonds. The second-order valence-electron chi connectivity index (χ2n) is 7.77. The number of amides is 1. The van der Waals surface area contributed by atoms with Crippen molar-refractivity contribution in [1.82, 2.24) is 10.3 Å². The summed E-state index contributed by atoms with van der Waals surface area (Å²) in [5.74, 6) is 1.39. The molecule has 0 aliphatic rings. The number of hydrogen-bond acceptors (Lipinski definition) is 7. The molecule has 190 valence electrons. The number of halogens is 1. The van der Waals surface area contributed by atoms with Crippen LogP contribution in [-0.4, -0.2) is 37.3 Å². The van der Waals surface area contributed by atoms with E-state index in [9.17, 15) is 9.18 Å². The van der Waals surface area contributed by atoms with Gasteiger partial charge in [0.05, 0.1) is 39.0 Å². The minimum absolute atomic E-state index is 0.0337. The third-order valence-electron chi connectivity index (χ3n) is 5.42. The first-order valence-corrected chi connectivity index (χ1v) is 11.5. The Morgan fingerprint density at radius 2 is 1.65 bits per heavy atom. The largest absolute Gasteiger partial charge is 0.496 e. The summed E-state index contributed by atoms with van der Waals surface area (Å²) >= 11 is 5.18. The molecule has 0 saturated carbocycles. The number of methoxy groups -OCH3 is 3.